The summed E-state index contributed by atoms with van der Waals surface area (Å²) in [6.07, 6.45) is 1.55. The number of aryl methyl sites for hydroxylation is 1. The fraction of sp³-hybridized carbons (Fsp3) is 0.462. The quantitative estimate of drug-likeness (QED) is 0.897. The van der Waals surface area contributed by atoms with E-state index in [1.54, 1.807) is 6.92 Å². The fourth-order valence-corrected chi connectivity index (χ4v) is 2.21. The van der Waals surface area contributed by atoms with Gasteiger partial charge in [-0.3, -0.25) is 4.79 Å². The molecule has 1 aromatic carbocycles. The Labute approximate surface area is 111 Å². The van der Waals surface area contributed by atoms with E-state index >= 15 is 0 Å². The molecule has 17 heavy (non-hydrogen) atoms. The van der Waals surface area contributed by atoms with Crippen molar-refractivity contribution in [1.82, 2.24) is 0 Å². The molecule has 0 radical (unpaired) electrons. The molecule has 1 amide bonds. The Kier molecular flexibility index (Phi) is 4.71. The van der Waals surface area contributed by atoms with Crippen molar-refractivity contribution in [2.45, 2.75) is 39.2 Å². The molecule has 0 saturated heterocycles. The minimum Gasteiger partial charge on any atom is -0.323 e. The van der Waals surface area contributed by atoms with Crippen LogP contribution in [0.15, 0.2) is 22.7 Å². The molecule has 0 aliphatic heterocycles. The molecular formula is C13H19BrN2O. The highest BCUT2D eigenvalue weighted by Crippen LogP contribution is 2.24. The van der Waals surface area contributed by atoms with Crippen molar-refractivity contribution in [1.29, 1.82) is 0 Å². The van der Waals surface area contributed by atoms with Crippen LogP contribution in [0.3, 0.4) is 0 Å². The number of nitrogens with one attached hydrogen (secondary N) is 1. The SMILES string of the molecule is CCCC(C)(N)C(=O)Nc1ccc(C)cc1Br. The summed E-state index contributed by atoms with van der Waals surface area (Å²) in [6, 6.07) is 5.79. The van der Waals surface area contributed by atoms with Crippen LogP contribution in [-0.4, -0.2) is 11.4 Å². The highest BCUT2D eigenvalue weighted by Gasteiger charge is 2.27. The minimum absolute atomic E-state index is 0.149. The van der Waals surface area contributed by atoms with Gasteiger partial charge in [0.05, 0.1) is 11.2 Å². The maximum absolute atomic E-state index is 12.0. The molecule has 0 aliphatic carbocycles. The van der Waals surface area contributed by atoms with E-state index < -0.39 is 5.54 Å². The van der Waals surface area contributed by atoms with E-state index in [2.05, 4.69) is 21.2 Å². The third-order valence-electron chi connectivity index (χ3n) is 2.66. The molecule has 1 unspecified atom stereocenters. The molecule has 0 heterocycles. The summed E-state index contributed by atoms with van der Waals surface area (Å²) >= 11 is 3.43. The summed E-state index contributed by atoms with van der Waals surface area (Å²) < 4.78 is 0.873. The van der Waals surface area contributed by atoms with E-state index in [-0.39, 0.29) is 5.91 Å². The van der Waals surface area contributed by atoms with Crippen molar-refractivity contribution in [3.63, 3.8) is 0 Å². The average Bonchev–Trinajstić information content (AvgIpc) is 2.22. The maximum Gasteiger partial charge on any atom is 0.244 e. The molecule has 3 N–H and O–H groups in total. The minimum atomic E-state index is -0.820. The van der Waals surface area contributed by atoms with E-state index in [0.717, 1.165) is 22.1 Å². The molecule has 1 atom stereocenters. The van der Waals surface area contributed by atoms with Crippen LogP contribution in [0.2, 0.25) is 0 Å². The molecule has 4 heteroatoms. The number of hydrogen-bond donors (Lipinski definition) is 2. The second-order valence-electron chi connectivity index (χ2n) is 4.60. The van der Waals surface area contributed by atoms with Crippen LogP contribution in [0.25, 0.3) is 0 Å². The Morgan fingerprint density at radius 3 is 2.71 bits per heavy atom. The summed E-state index contributed by atoms with van der Waals surface area (Å²) in [4.78, 5) is 12.0. The Bertz CT molecular complexity index is 416. The summed E-state index contributed by atoms with van der Waals surface area (Å²) in [7, 11) is 0. The van der Waals surface area contributed by atoms with Crippen LogP contribution < -0.4 is 11.1 Å². The zero-order valence-electron chi connectivity index (χ0n) is 10.5. The molecule has 1 aromatic rings. The Morgan fingerprint density at radius 2 is 2.18 bits per heavy atom. The first-order valence-corrected chi connectivity index (χ1v) is 6.52. The van der Waals surface area contributed by atoms with Crippen molar-refractivity contribution < 1.29 is 4.79 Å². The predicted octanol–water partition coefficient (Wildman–Crippen LogP) is 3.21. The molecule has 3 nitrogen and oxygen atoms in total. The summed E-state index contributed by atoms with van der Waals surface area (Å²) in [5.74, 6) is -0.149. The zero-order valence-corrected chi connectivity index (χ0v) is 12.1. The highest BCUT2D eigenvalue weighted by molar-refractivity contribution is 9.10. The topological polar surface area (TPSA) is 55.1 Å². The van der Waals surface area contributed by atoms with Gasteiger partial charge in [-0.2, -0.15) is 0 Å². The molecule has 0 spiro atoms. The van der Waals surface area contributed by atoms with E-state index in [9.17, 15) is 4.79 Å². The second-order valence-corrected chi connectivity index (χ2v) is 5.46. The van der Waals surface area contributed by atoms with Crippen molar-refractivity contribution in [3.8, 4) is 0 Å². The van der Waals surface area contributed by atoms with Gasteiger partial charge in [0, 0.05) is 4.47 Å². The van der Waals surface area contributed by atoms with Crippen molar-refractivity contribution in [2.24, 2.45) is 5.73 Å². The highest BCUT2D eigenvalue weighted by atomic mass is 79.9. The van der Waals surface area contributed by atoms with Gasteiger partial charge in [-0.1, -0.05) is 19.4 Å². The lowest BCUT2D eigenvalue weighted by Crippen LogP contribution is -2.48. The largest absolute Gasteiger partial charge is 0.323 e. The van der Waals surface area contributed by atoms with Gasteiger partial charge in [-0.15, -0.1) is 0 Å². The number of nitrogens with two attached hydrogens (primary N) is 1. The molecule has 0 saturated carbocycles. The second kappa shape index (κ2) is 5.65. The van der Waals surface area contributed by atoms with Gasteiger partial charge >= 0.3 is 0 Å². The number of anilines is 1. The Balaban J connectivity index is 2.81. The molecule has 0 aromatic heterocycles. The van der Waals surface area contributed by atoms with Crippen molar-refractivity contribution >= 4 is 27.5 Å². The van der Waals surface area contributed by atoms with E-state index in [0.29, 0.717) is 6.42 Å². The molecule has 0 aliphatic rings. The smallest absolute Gasteiger partial charge is 0.244 e. The lowest BCUT2D eigenvalue weighted by Gasteiger charge is -2.23. The van der Waals surface area contributed by atoms with Crippen molar-refractivity contribution in [2.75, 3.05) is 5.32 Å². The third kappa shape index (κ3) is 3.82. The molecule has 94 valence electrons. The number of halogens is 1. The average molecular weight is 299 g/mol. The number of benzene rings is 1. The van der Waals surface area contributed by atoms with Gasteiger partial charge < -0.3 is 11.1 Å². The number of hydrogen-bond acceptors (Lipinski definition) is 2. The maximum atomic E-state index is 12.0. The van der Waals surface area contributed by atoms with Gasteiger partial charge in [0.1, 0.15) is 0 Å². The summed E-state index contributed by atoms with van der Waals surface area (Å²) in [5.41, 5.74) is 7.05. The number of amides is 1. The number of rotatable bonds is 4. The van der Waals surface area contributed by atoms with E-state index in [1.165, 1.54) is 0 Å². The summed E-state index contributed by atoms with van der Waals surface area (Å²) in [6.45, 7) is 5.77. The number of carbonyl (C=O) groups excluding carboxylic acids is 1. The standard InChI is InChI=1S/C13H19BrN2O/c1-4-7-13(3,15)12(17)16-11-6-5-9(2)8-10(11)14/h5-6,8H,4,7,15H2,1-3H3,(H,16,17). The first-order valence-electron chi connectivity index (χ1n) is 5.73. The van der Waals surface area contributed by atoms with Crippen LogP contribution in [0.1, 0.15) is 32.3 Å². The van der Waals surface area contributed by atoms with Crippen LogP contribution in [-0.2, 0) is 4.79 Å². The first-order chi connectivity index (χ1) is 7.86. The summed E-state index contributed by atoms with van der Waals surface area (Å²) in [5, 5.41) is 2.85. The fourth-order valence-electron chi connectivity index (χ4n) is 1.62. The van der Waals surface area contributed by atoms with Crippen LogP contribution >= 0.6 is 15.9 Å². The van der Waals surface area contributed by atoms with Gasteiger partial charge in [0.2, 0.25) is 5.91 Å². The predicted molar refractivity (Wildman–Crippen MR) is 75.0 cm³/mol. The van der Waals surface area contributed by atoms with Crippen LogP contribution in [0, 0.1) is 6.92 Å². The van der Waals surface area contributed by atoms with Gasteiger partial charge in [-0.25, -0.2) is 0 Å². The van der Waals surface area contributed by atoms with E-state index in [4.69, 9.17) is 5.73 Å². The van der Waals surface area contributed by atoms with Crippen LogP contribution in [0.4, 0.5) is 5.69 Å². The zero-order chi connectivity index (χ0) is 13.1. The lowest BCUT2D eigenvalue weighted by molar-refractivity contribution is -0.120. The van der Waals surface area contributed by atoms with E-state index in [1.807, 2.05) is 32.0 Å². The van der Waals surface area contributed by atoms with Crippen LogP contribution in [0.5, 0.6) is 0 Å². The van der Waals surface area contributed by atoms with Gasteiger partial charge in [0.25, 0.3) is 0 Å². The van der Waals surface area contributed by atoms with Crippen molar-refractivity contribution in [3.05, 3.63) is 28.2 Å². The lowest BCUT2D eigenvalue weighted by atomic mass is 9.96. The Morgan fingerprint density at radius 1 is 1.53 bits per heavy atom. The number of carbonyl (C=O) groups is 1. The monoisotopic (exact) mass is 298 g/mol. The van der Waals surface area contributed by atoms with Gasteiger partial charge in [0.15, 0.2) is 0 Å². The molecule has 0 bridgehead atoms. The normalized spacial score (nSPS) is 14.2. The molecular weight excluding hydrogens is 280 g/mol. The van der Waals surface area contributed by atoms with Gasteiger partial charge in [-0.05, 0) is 53.9 Å². The molecule has 1 rings (SSSR count). The first kappa shape index (κ1) is 14.2. The third-order valence-corrected chi connectivity index (χ3v) is 3.32. The molecule has 0 fully saturated rings. The Hall–Kier alpha value is -0.870.